The van der Waals surface area contributed by atoms with Crippen molar-refractivity contribution in [2.75, 3.05) is 13.1 Å². The smallest absolute Gasteiger partial charge is 0.489 e. The number of nitrogens with one attached hydrogen (secondary N) is 1. The molecule has 6 rings (SSSR count). The Balaban J connectivity index is 1.08. The molecule has 4 aliphatic rings. The van der Waals surface area contributed by atoms with Crippen molar-refractivity contribution in [2.24, 2.45) is 0 Å². The van der Waals surface area contributed by atoms with E-state index in [0.717, 1.165) is 49.9 Å². The van der Waals surface area contributed by atoms with Gasteiger partial charge in [0.05, 0.1) is 0 Å². The molecule has 2 aromatic carbocycles. The van der Waals surface area contributed by atoms with E-state index in [2.05, 4.69) is 15.0 Å². The molecular formula is C29H30F3N3O5. The maximum absolute atomic E-state index is 13.0. The van der Waals surface area contributed by atoms with Crippen molar-refractivity contribution in [2.45, 2.75) is 75.5 Å². The fourth-order valence-electron chi connectivity index (χ4n) is 6.37. The third kappa shape index (κ3) is 5.39. The molecular weight excluding hydrogens is 527 g/mol. The highest BCUT2D eigenvalue weighted by atomic mass is 19.4. The van der Waals surface area contributed by atoms with Crippen LogP contribution in [0.4, 0.5) is 13.2 Å². The first-order valence-electron chi connectivity index (χ1n) is 13.7. The van der Waals surface area contributed by atoms with Gasteiger partial charge in [0.25, 0.3) is 5.91 Å². The quantitative estimate of drug-likeness (QED) is 0.538. The van der Waals surface area contributed by atoms with Crippen LogP contribution in [-0.4, -0.2) is 65.2 Å². The second-order valence-corrected chi connectivity index (χ2v) is 11.0. The first kappa shape index (κ1) is 26.6. The number of hydrogen-bond acceptors (Lipinski definition) is 6. The molecule has 8 nitrogen and oxygen atoms in total. The van der Waals surface area contributed by atoms with Crippen molar-refractivity contribution in [1.82, 2.24) is 15.1 Å². The summed E-state index contributed by atoms with van der Waals surface area (Å²) < 4.78 is 47.8. The summed E-state index contributed by atoms with van der Waals surface area (Å²) in [5.74, 6) is -0.249. The highest BCUT2D eigenvalue weighted by Crippen LogP contribution is 2.37. The zero-order valence-electron chi connectivity index (χ0n) is 21.8. The van der Waals surface area contributed by atoms with Gasteiger partial charge in [0, 0.05) is 43.6 Å². The third-order valence-corrected chi connectivity index (χ3v) is 8.41. The Morgan fingerprint density at radius 3 is 2.35 bits per heavy atom. The standard InChI is InChI=1S/C29H30F3N3O5/c30-29(31,32)40-20-7-5-17(6-8-20)19-14-34(15-19)23-3-1-2-4-25(23)39-21-9-10-22-18(13-21)16-35(28(22)38)24-11-12-26(36)33-27(24)37/h5-10,13,19,23-25H,1-4,11-12,14-16H2,(H,33,36,37)/t23?,24?,25-/m0/s1. The molecule has 11 heteroatoms. The SMILES string of the molecule is O=C1CCC(N2Cc3cc(O[C@H]4CCCCC4N4CC(c5ccc(OC(F)(F)F)cc5)C4)ccc3C2=O)C(=O)N1. The van der Waals surface area contributed by atoms with E-state index < -0.39 is 18.3 Å². The molecule has 1 aliphatic carbocycles. The number of piperidine rings is 1. The molecule has 1 N–H and O–H groups in total. The van der Waals surface area contributed by atoms with Crippen LogP contribution in [0.15, 0.2) is 42.5 Å². The third-order valence-electron chi connectivity index (χ3n) is 8.41. The van der Waals surface area contributed by atoms with Crippen LogP contribution in [0.2, 0.25) is 0 Å². The molecule has 3 aliphatic heterocycles. The van der Waals surface area contributed by atoms with Crippen LogP contribution in [0.25, 0.3) is 0 Å². The number of fused-ring (bicyclic) bond motifs is 1. The van der Waals surface area contributed by atoms with Gasteiger partial charge >= 0.3 is 6.36 Å². The Bertz CT molecular complexity index is 1310. The maximum atomic E-state index is 13.0. The number of carbonyl (C=O) groups excluding carboxylic acids is 3. The first-order valence-corrected chi connectivity index (χ1v) is 13.7. The molecule has 2 aromatic rings. The Kier molecular flexibility index (Phi) is 6.93. The van der Waals surface area contributed by atoms with Crippen molar-refractivity contribution in [3.63, 3.8) is 0 Å². The molecule has 3 fully saturated rings. The minimum atomic E-state index is -4.70. The molecule has 0 spiro atoms. The van der Waals surface area contributed by atoms with Gasteiger partial charge in [0.15, 0.2) is 0 Å². The number of alkyl halides is 3. The fourth-order valence-corrected chi connectivity index (χ4v) is 6.37. The van der Waals surface area contributed by atoms with Gasteiger partial charge in [0.1, 0.15) is 23.6 Å². The summed E-state index contributed by atoms with van der Waals surface area (Å²) in [6.45, 7) is 1.92. The van der Waals surface area contributed by atoms with E-state index in [-0.39, 0.29) is 42.0 Å². The van der Waals surface area contributed by atoms with Gasteiger partial charge in [-0.1, -0.05) is 18.6 Å². The summed E-state index contributed by atoms with van der Waals surface area (Å²) in [5, 5.41) is 2.32. The lowest BCUT2D eigenvalue weighted by atomic mass is 9.84. The molecule has 0 bridgehead atoms. The van der Waals surface area contributed by atoms with E-state index in [9.17, 15) is 27.6 Å². The highest BCUT2D eigenvalue weighted by molar-refractivity contribution is 6.05. The zero-order chi connectivity index (χ0) is 28.0. The lowest BCUT2D eigenvalue weighted by Gasteiger charge is -2.48. The lowest BCUT2D eigenvalue weighted by molar-refractivity contribution is -0.274. The van der Waals surface area contributed by atoms with E-state index in [4.69, 9.17) is 4.74 Å². The van der Waals surface area contributed by atoms with Gasteiger partial charge in [-0.15, -0.1) is 13.2 Å². The average molecular weight is 558 g/mol. The van der Waals surface area contributed by atoms with Crippen molar-refractivity contribution in [3.05, 3.63) is 59.2 Å². The second kappa shape index (κ2) is 10.4. The summed E-state index contributed by atoms with van der Waals surface area (Å²) in [7, 11) is 0. The van der Waals surface area contributed by atoms with Gasteiger partial charge in [-0.3, -0.25) is 24.6 Å². The predicted molar refractivity (Wildman–Crippen MR) is 137 cm³/mol. The van der Waals surface area contributed by atoms with E-state index in [1.54, 1.807) is 24.3 Å². The molecule has 3 atom stereocenters. The van der Waals surface area contributed by atoms with Crippen LogP contribution in [0, 0.1) is 0 Å². The van der Waals surface area contributed by atoms with Crippen molar-refractivity contribution >= 4 is 17.7 Å². The van der Waals surface area contributed by atoms with Crippen LogP contribution >= 0.6 is 0 Å². The van der Waals surface area contributed by atoms with Crippen LogP contribution in [0.5, 0.6) is 11.5 Å². The largest absolute Gasteiger partial charge is 0.573 e. The number of nitrogens with zero attached hydrogens (tertiary/aromatic N) is 2. The van der Waals surface area contributed by atoms with E-state index in [1.165, 1.54) is 17.0 Å². The summed E-state index contributed by atoms with van der Waals surface area (Å²) in [5.41, 5.74) is 2.35. The molecule has 2 saturated heterocycles. The van der Waals surface area contributed by atoms with Crippen molar-refractivity contribution in [1.29, 1.82) is 0 Å². The van der Waals surface area contributed by atoms with Crippen molar-refractivity contribution < 1.29 is 37.0 Å². The number of benzene rings is 2. The molecule has 3 amide bonds. The predicted octanol–water partition coefficient (Wildman–Crippen LogP) is 4.14. The molecule has 40 heavy (non-hydrogen) atoms. The summed E-state index contributed by atoms with van der Waals surface area (Å²) in [6, 6.07) is 11.1. The second-order valence-electron chi connectivity index (χ2n) is 11.0. The number of amides is 3. The number of halogens is 3. The minimum absolute atomic E-state index is 0.0151. The van der Waals surface area contributed by atoms with Crippen LogP contribution in [0.1, 0.15) is 65.9 Å². The Hall–Kier alpha value is -3.60. The van der Waals surface area contributed by atoms with E-state index >= 15 is 0 Å². The van der Waals surface area contributed by atoms with Gasteiger partial charge in [-0.25, -0.2) is 0 Å². The highest BCUT2D eigenvalue weighted by Gasteiger charge is 2.41. The van der Waals surface area contributed by atoms with Gasteiger partial charge in [0.2, 0.25) is 11.8 Å². The zero-order valence-corrected chi connectivity index (χ0v) is 21.8. The van der Waals surface area contributed by atoms with Gasteiger partial charge in [-0.2, -0.15) is 0 Å². The molecule has 0 radical (unpaired) electrons. The van der Waals surface area contributed by atoms with Crippen LogP contribution in [-0.2, 0) is 16.1 Å². The number of ether oxygens (including phenoxy) is 2. The van der Waals surface area contributed by atoms with Crippen LogP contribution in [0.3, 0.4) is 0 Å². The van der Waals surface area contributed by atoms with Gasteiger partial charge in [-0.05, 0) is 67.1 Å². The summed E-state index contributed by atoms with van der Waals surface area (Å²) >= 11 is 0. The van der Waals surface area contributed by atoms with Crippen LogP contribution < -0.4 is 14.8 Å². The first-order chi connectivity index (χ1) is 19.1. The Morgan fingerprint density at radius 2 is 1.62 bits per heavy atom. The number of rotatable bonds is 6. The van der Waals surface area contributed by atoms with E-state index in [0.29, 0.717) is 24.3 Å². The maximum Gasteiger partial charge on any atom is 0.573 e. The number of hydrogen-bond donors (Lipinski definition) is 1. The topological polar surface area (TPSA) is 88.2 Å². The van der Waals surface area contributed by atoms with Gasteiger partial charge < -0.3 is 14.4 Å². The van der Waals surface area contributed by atoms with Crippen molar-refractivity contribution in [3.8, 4) is 11.5 Å². The lowest BCUT2D eigenvalue weighted by Crippen LogP contribution is -2.57. The normalized spacial score (nSPS) is 25.8. The molecule has 3 heterocycles. The molecule has 1 saturated carbocycles. The molecule has 212 valence electrons. The Morgan fingerprint density at radius 1 is 0.900 bits per heavy atom. The number of imide groups is 1. The summed E-state index contributed by atoms with van der Waals surface area (Å²) in [4.78, 5) is 40.8. The van der Waals surface area contributed by atoms with E-state index in [1.807, 2.05) is 6.07 Å². The minimum Gasteiger partial charge on any atom is -0.489 e. The average Bonchev–Trinajstić information content (AvgIpc) is 3.19. The Labute approximate surface area is 229 Å². The fraction of sp³-hybridized carbons (Fsp3) is 0.483. The number of carbonyl (C=O) groups is 3. The summed E-state index contributed by atoms with van der Waals surface area (Å²) in [6.07, 6.45) is -0.107. The molecule has 0 aromatic heterocycles. The molecule has 2 unspecified atom stereocenters. The number of likely N-dealkylation sites (tertiary alicyclic amines) is 1. The monoisotopic (exact) mass is 557 g/mol.